The molecule has 1 nitrogen and oxygen atoms in total. The van der Waals surface area contributed by atoms with Crippen LogP contribution in [0.5, 0.6) is 0 Å². The summed E-state index contributed by atoms with van der Waals surface area (Å²) in [5.74, 6) is 0. The van der Waals surface area contributed by atoms with Crippen molar-refractivity contribution in [2.45, 2.75) is 39.0 Å². The number of nitrogens with zero attached hydrogens (tertiary/aromatic N) is 1. The largest absolute Gasteiger partial charge is 0.299 e. The maximum atomic E-state index is 2.47. The van der Waals surface area contributed by atoms with Gasteiger partial charge in [-0.15, -0.1) is 0 Å². The van der Waals surface area contributed by atoms with E-state index in [9.17, 15) is 0 Å². The first-order chi connectivity index (χ1) is 4.93. The van der Waals surface area contributed by atoms with E-state index in [1.165, 1.54) is 45.2 Å². The minimum atomic E-state index is 1.30. The molecule has 1 heterocycles. The van der Waals surface area contributed by atoms with Crippen molar-refractivity contribution in [3.63, 3.8) is 0 Å². The molecule has 0 bridgehead atoms. The summed E-state index contributed by atoms with van der Waals surface area (Å²) in [5.41, 5.74) is 0. The summed E-state index contributed by atoms with van der Waals surface area (Å²) in [7, 11) is 0. The Labute approximate surface area is 64.4 Å². The molecule has 1 radical (unpaired) electrons. The van der Waals surface area contributed by atoms with Crippen molar-refractivity contribution in [2.24, 2.45) is 0 Å². The van der Waals surface area contributed by atoms with E-state index >= 15 is 0 Å². The fraction of sp³-hybridized carbons (Fsp3) is 0.889. The van der Waals surface area contributed by atoms with E-state index in [1.807, 2.05) is 0 Å². The van der Waals surface area contributed by atoms with Crippen LogP contribution in [0.15, 0.2) is 0 Å². The molecule has 10 heavy (non-hydrogen) atoms. The lowest BCUT2D eigenvalue weighted by molar-refractivity contribution is 0.373. The Bertz CT molecular complexity index is 74.8. The lowest BCUT2D eigenvalue weighted by Gasteiger charge is -2.12. The molecule has 0 atom stereocenters. The molecule has 0 aromatic rings. The number of unbranched alkanes of at least 4 members (excludes halogenated alkanes) is 2. The highest BCUT2D eigenvalue weighted by Crippen LogP contribution is 2.12. The van der Waals surface area contributed by atoms with Crippen molar-refractivity contribution in [1.29, 1.82) is 0 Å². The van der Waals surface area contributed by atoms with Crippen molar-refractivity contribution in [2.75, 3.05) is 13.1 Å². The van der Waals surface area contributed by atoms with Gasteiger partial charge in [0.05, 0.1) is 0 Å². The Hall–Kier alpha value is -0.0400. The quantitative estimate of drug-likeness (QED) is 0.542. The van der Waals surface area contributed by atoms with E-state index in [4.69, 9.17) is 0 Å². The Morgan fingerprint density at radius 3 is 2.90 bits per heavy atom. The summed E-state index contributed by atoms with van der Waals surface area (Å²) < 4.78 is 0. The lowest BCUT2D eigenvalue weighted by atomic mass is 10.2. The standard InChI is InChI=1S/C9H18N/c1-2-3-4-7-10-8-5-6-9-10/h8H,2-7,9H2,1H3. The third-order valence-electron chi connectivity index (χ3n) is 2.09. The summed E-state index contributed by atoms with van der Waals surface area (Å²) in [5, 5.41) is 0. The molecule has 0 unspecified atom stereocenters. The highest BCUT2D eigenvalue weighted by Gasteiger charge is 2.09. The predicted molar refractivity (Wildman–Crippen MR) is 44.6 cm³/mol. The average molecular weight is 140 g/mol. The molecule has 1 fully saturated rings. The molecule has 1 aliphatic rings. The highest BCUT2D eigenvalue weighted by atomic mass is 15.1. The summed E-state index contributed by atoms with van der Waals surface area (Å²) in [4.78, 5) is 2.47. The van der Waals surface area contributed by atoms with Gasteiger partial charge in [0.2, 0.25) is 0 Å². The topological polar surface area (TPSA) is 3.24 Å². The van der Waals surface area contributed by atoms with Gasteiger partial charge in [-0.1, -0.05) is 19.8 Å². The van der Waals surface area contributed by atoms with Crippen molar-refractivity contribution >= 4 is 0 Å². The number of hydrogen-bond acceptors (Lipinski definition) is 1. The predicted octanol–water partition coefficient (Wildman–Crippen LogP) is 2.43. The van der Waals surface area contributed by atoms with E-state index in [1.54, 1.807) is 0 Å². The van der Waals surface area contributed by atoms with E-state index in [2.05, 4.69) is 18.4 Å². The molecular weight excluding hydrogens is 122 g/mol. The summed E-state index contributed by atoms with van der Waals surface area (Å²) in [6, 6.07) is 0. The van der Waals surface area contributed by atoms with Crippen molar-refractivity contribution in [3.05, 3.63) is 6.54 Å². The van der Waals surface area contributed by atoms with Gasteiger partial charge in [0.25, 0.3) is 0 Å². The van der Waals surface area contributed by atoms with Crippen molar-refractivity contribution < 1.29 is 0 Å². The zero-order valence-corrected chi connectivity index (χ0v) is 6.97. The third kappa shape index (κ3) is 2.70. The Kier molecular flexibility index (Phi) is 3.81. The normalized spacial score (nSPS) is 20.1. The molecule has 0 N–H and O–H groups in total. The zero-order valence-electron chi connectivity index (χ0n) is 6.97. The van der Waals surface area contributed by atoms with Crippen LogP contribution in [0.4, 0.5) is 0 Å². The molecule has 1 heteroatoms. The molecule has 0 aromatic carbocycles. The minimum absolute atomic E-state index is 1.30. The molecule has 1 rings (SSSR count). The second kappa shape index (κ2) is 4.73. The molecular formula is C9H18N. The molecule has 0 spiro atoms. The second-order valence-corrected chi connectivity index (χ2v) is 3.07. The van der Waals surface area contributed by atoms with Crippen LogP contribution >= 0.6 is 0 Å². The zero-order chi connectivity index (χ0) is 7.23. The summed E-state index contributed by atoms with van der Waals surface area (Å²) in [6.45, 7) is 7.22. The van der Waals surface area contributed by atoms with Gasteiger partial charge in [0, 0.05) is 6.54 Å². The smallest absolute Gasteiger partial charge is 0.0252 e. The Morgan fingerprint density at radius 2 is 2.30 bits per heavy atom. The monoisotopic (exact) mass is 140 g/mol. The van der Waals surface area contributed by atoms with Gasteiger partial charge >= 0.3 is 0 Å². The summed E-state index contributed by atoms with van der Waals surface area (Å²) in [6.07, 6.45) is 6.81. The van der Waals surface area contributed by atoms with Crippen LogP contribution in [-0.4, -0.2) is 18.0 Å². The van der Waals surface area contributed by atoms with Crippen LogP contribution in [0.2, 0.25) is 0 Å². The first kappa shape index (κ1) is 8.06. The van der Waals surface area contributed by atoms with Gasteiger partial charge in [-0.3, -0.25) is 4.90 Å². The van der Waals surface area contributed by atoms with Crippen LogP contribution < -0.4 is 0 Å². The third-order valence-corrected chi connectivity index (χ3v) is 2.09. The average Bonchev–Trinajstić information content (AvgIpc) is 2.41. The molecule has 0 saturated carbocycles. The first-order valence-corrected chi connectivity index (χ1v) is 4.51. The van der Waals surface area contributed by atoms with E-state index < -0.39 is 0 Å². The van der Waals surface area contributed by atoms with Gasteiger partial charge in [0.15, 0.2) is 0 Å². The number of rotatable bonds is 4. The van der Waals surface area contributed by atoms with Gasteiger partial charge < -0.3 is 0 Å². The van der Waals surface area contributed by atoms with Crippen molar-refractivity contribution in [1.82, 2.24) is 4.90 Å². The van der Waals surface area contributed by atoms with E-state index in [-0.39, 0.29) is 0 Å². The van der Waals surface area contributed by atoms with Gasteiger partial charge in [0.1, 0.15) is 0 Å². The fourth-order valence-corrected chi connectivity index (χ4v) is 1.43. The minimum Gasteiger partial charge on any atom is -0.299 e. The number of likely N-dealkylation sites (tertiary alicyclic amines) is 1. The maximum absolute atomic E-state index is 2.47. The van der Waals surface area contributed by atoms with Crippen LogP contribution in [0.3, 0.4) is 0 Å². The van der Waals surface area contributed by atoms with Gasteiger partial charge in [-0.2, -0.15) is 0 Å². The lowest BCUT2D eigenvalue weighted by Crippen LogP contribution is -2.16. The second-order valence-electron chi connectivity index (χ2n) is 3.07. The van der Waals surface area contributed by atoms with E-state index in [0.717, 1.165) is 0 Å². The van der Waals surface area contributed by atoms with Crippen molar-refractivity contribution in [3.8, 4) is 0 Å². The van der Waals surface area contributed by atoms with Crippen LogP contribution in [-0.2, 0) is 0 Å². The Morgan fingerprint density at radius 1 is 1.40 bits per heavy atom. The molecule has 0 aromatic heterocycles. The SMILES string of the molecule is CCCCCN1[CH]CCC1. The van der Waals surface area contributed by atoms with Crippen LogP contribution in [0.25, 0.3) is 0 Å². The Balaban J connectivity index is 1.91. The van der Waals surface area contributed by atoms with Gasteiger partial charge in [-0.05, 0) is 32.4 Å². The van der Waals surface area contributed by atoms with Crippen LogP contribution in [0.1, 0.15) is 39.0 Å². The number of hydrogen-bond donors (Lipinski definition) is 0. The van der Waals surface area contributed by atoms with E-state index in [0.29, 0.717) is 0 Å². The molecule has 59 valence electrons. The fourth-order valence-electron chi connectivity index (χ4n) is 1.43. The molecule has 1 saturated heterocycles. The highest BCUT2D eigenvalue weighted by molar-refractivity contribution is 4.76. The first-order valence-electron chi connectivity index (χ1n) is 4.51. The molecule has 0 amide bonds. The molecule has 0 aliphatic carbocycles. The maximum Gasteiger partial charge on any atom is 0.0252 e. The summed E-state index contributed by atoms with van der Waals surface area (Å²) >= 11 is 0. The van der Waals surface area contributed by atoms with Crippen LogP contribution in [0, 0.1) is 6.54 Å². The molecule has 1 aliphatic heterocycles. The van der Waals surface area contributed by atoms with Gasteiger partial charge in [-0.25, -0.2) is 0 Å².